The van der Waals surface area contributed by atoms with Crippen LogP contribution in [-0.2, 0) is 0 Å². The minimum absolute atomic E-state index is 0.0535. The van der Waals surface area contributed by atoms with Gasteiger partial charge in [-0.05, 0) is 43.9 Å². The lowest BCUT2D eigenvalue weighted by atomic mass is 9.95. The molecule has 1 aromatic rings. The van der Waals surface area contributed by atoms with E-state index in [-0.39, 0.29) is 11.8 Å². The second-order valence-corrected chi connectivity index (χ2v) is 6.27. The highest BCUT2D eigenvalue weighted by molar-refractivity contribution is 6.31. The van der Waals surface area contributed by atoms with Crippen molar-refractivity contribution in [2.24, 2.45) is 11.8 Å². The minimum atomic E-state index is -0.0535. The van der Waals surface area contributed by atoms with Crippen LogP contribution in [0.25, 0.3) is 0 Å². The smallest absolute Gasteiger partial charge is 0.179 e. The number of Topliss-reactive ketones (excluding diaryl/α,β-unsaturated/α-hetero) is 1. The third-order valence-electron chi connectivity index (χ3n) is 4.24. The van der Waals surface area contributed by atoms with E-state index >= 15 is 0 Å². The normalized spacial score (nSPS) is 21.8. The van der Waals surface area contributed by atoms with Gasteiger partial charge in [-0.15, -0.1) is 0 Å². The van der Waals surface area contributed by atoms with Gasteiger partial charge in [-0.25, -0.2) is 0 Å². The Hall–Kier alpha value is -0.860. The molecule has 1 heterocycles. The molecule has 2 atom stereocenters. The topological polar surface area (TPSA) is 20.3 Å². The first-order valence-electron chi connectivity index (χ1n) is 7.03. The lowest BCUT2D eigenvalue weighted by Gasteiger charge is -2.24. The third kappa shape index (κ3) is 3.37. The van der Waals surface area contributed by atoms with Crippen molar-refractivity contribution >= 4 is 17.4 Å². The summed E-state index contributed by atoms with van der Waals surface area (Å²) in [6.45, 7) is 8.59. The van der Waals surface area contributed by atoms with Gasteiger partial charge in [0.2, 0.25) is 0 Å². The zero-order valence-electron chi connectivity index (χ0n) is 11.9. The Morgan fingerprint density at radius 1 is 1.37 bits per heavy atom. The van der Waals surface area contributed by atoms with Crippen LogP contribution in [0.4, 0.5) is 0 Å². The van der Waals surface area contributed by atoms with Gasteiger partial charge in [0.1, 0.15) is 0 Å². The molecule has 3 heteroatoms. The van der Waals surface area contributed by atoms with Crippen molar-refractivity contribution in [2.45, 2.75) is 33.2 Å². The molecular formula is C16H22ClNO. The molecule has 0 aromatic heterocycles. The lowest BCUT2D eigenvalue weighted by molar-refractivity contribution is 0.0860. The van der Waals surface area contributed by atoms with Crippen molar-refractivity contribution in [2.75, 3.05) is 13.1 Å². The second-order valence-electron chi connectivity index (χ2n) is 5.84. The number of carbonyl (C=O) groups is 1. The molecule has 104 valence electrons. The molecule has 1 aliphatic rings. The molecule has 0 N–H and O–H groups in total. The minimum Gasteiger partial charge on any atom is -0.293 e. The van der Waals surface area contributed by atoms with E-state index in [1.807, 2.05) is 19.1 Å². The standard InChI is InChI=1S/C16H22ClNO/c1-11(2)14-7-8-18(10-14)12(3)16(19)13-5-4-6-15(17)9-13/h4-6,9,11-12,14H,7-8,10H2,1-3H3. The molecule has 0 radical (unpaired) electrons. The zero-order valence-corrected chi connectivity index (χ0v) is 12.7. The first-order chi connectivity index (χ1) is 8.99. The van der Waals surface area contributed by atoms with E-state index in [4.69, 9.17) is 11.6 Å². The van der Waals surface area contributed by atoms with E-state index in [0.717, 1.165) is 19.0 Å². The first kappa shape index (κ1) is 14.5. The number of nitrogens with zero attached hydrogens (tertiary/aromatic N) is 1. The summed E-state index contributed by atoms with van der Waals surface area (Å²) < 4.78 is 0. The Morgan fingerprint density at radius 2 is 2.11 bits per heavy atom. The van der Waals surface area contributed by atoms with E-state index in [9.17, 15) is 4.79 Å². The summed E-state index contributed by atoms with van der Waals surface area (Å²) in [4.78, 5) is 14.8. The Labute approximate surface area is 120 Å². The number of rotatable bonds is 4. The van der Waals surface area contributed by atoms with Gasteiger partial charge in [-0.3, -0.25) is 9.69 Å². The predicted octanol–water partition coefficient (Wildman–Crippen LogP) is 3.89. The van der Waals surface area contributed by atoms with Crippen molar-refractivity contribution < 1.29 is 4.79 Å². The van der Waals surface area contributed by atoms with Crippen molar-refractivity contribution in [1.82, 2.24) is 4.90 Å². The Morgan fingerprint density at radius 3 is 2.68 bits per heavy atom. The van der Waals surface area contributed by atoms with Gasteiger partial charge >= 0.3 is 0 Å². The van der Waals surface area contributed by atoms with E-state index in [1.165, 1.54) is 6.42 Å². The molecule has 0 spiro atoms. The molecule has 0 aliphatic carbocycles. The molecular weight excluding hydrogens is 258 g/mol. The number of likely N-dealkylation sites (tertiary alicyclic amines) is 1. The molecule has 19 heavy (non-hydrogen) atoms. The molecule has 0 saturated carbocycles. The van der Waals surface area contributed by atoms with Crippen LogP contribution in [0.2, 0.25) is 5.02 Å². The van der Waals surface area contributed by atoms with Crippen LogP contribution in [0.3, 0.4) is 0 Å². The van der Waals surface area contributed by atoms with Gasteiger partial charge < -0.3 is 0 Å². The molecule has 2 nitrogen and oxygen atoms in total. The Bertz CT molecular complexity index is 458. The van der Waals surface area contributed by atoms with E-state index in [2.05, 4.69) is 18.7 Å². The third-order valence-corrected chi connectivity index (χ3v) is 4.47. The average molecular weight is 280 g/mol. The number of hydrogen-bond acceptors (Lipinski definition) is 2. The fourth-order valence-electron chi connectivity index (χ4n) is 2.76. The van der Waals surface area contributed by atoms with Gasteiger partial charge in [0.25, 0.3) is 0 Å². The summed E-state index contributed by atoms with van der Waals surface area (Å²) in [5.41, 5.74) is 0.716. The number of benzene rings is 1. The summed E-state index contributed by atoms with van der Waals surface area (Å²) in [5.74, 6) is 1.58. The lowest BCUT2D eigenvalue weighted by Crippen LogP contribution is -2.37. The maximum Gasteiger partial charge on any atom is 0.179 e. The Balaban J connectivity index is 2.04. The van der Waals surface area contributed by atoms with Crippen molar-refractivity contribution in [3.63, 3.8) is 0 Å². The second kappa shape index (κ2) is 6.06. The predicted molar refractivity (Wildman–Crippen MR) is 79.8 cm³/mol. The maximum atomic E-state index is 12.5. The number of ketones is 1. The molecule has 1 aromatic carbocycles. The molecule has 0 bridgehead atoms. The van der Waals surface area contributed by atoms with Crippen LogP contribution >= 0.6 is 11.6 Å². The Kier molecular flexibility index (Phi) is 4.64. The van der Waals surface area contributed by atoms with Crippen molar-refractivity contribution in [3.8, 4) is 0 Å². The van der Waals surface area contributed by atoms with Gasteiger partial charge in [0.05, 0.1) is 6.04 Å². The van der Waals surface area contributed by atoms with Gasteiger partial charge in [0, 0.05) is 17.1 Å². The summed E-state index contributed by atoms with van der Waals surface area (Å²) in [5, 5.41) is 0.625. The van der Waals surface area contributed by atoms with Gasteiger partial charge in [-0.1, -0.05) is 37.6 Å². The fourth-order valence-corrected chi connectivity index (χ4v) is 2.95. The number of carbonyl (C=O) groups excluding carboxylic acids is 1. The van der Waals surface area contributed by atoms with Crippen molar-refractivity contribution in [1.29, 1.82) is 0 Å². The summed E-state index contributed by atoms with van der Waals surface area (Å²) in [6, 6.07) is 7.19. The van der Waals surface area contributed by atoms with Crippen LogP contribution < -0.4 is 0 Å². The highest BCUT2D eigenvalue weighted by Gasteiger charge is 2.31. The highest BCUT2D eigenvalue weighted by atomic mass is 35.5. The average Bonchev–Trinajstić information content (AvgIpc) is 2.86. The van der Waals surface area contributed by atoms with Gasteiger partial charge in [-0.2, -0.15) is 0 Å². The molecule has 1 saturated heterocycles. The zero-order chi connectivity index (χ0) is 14.0. The first-order valence-corrected chi connectivity index (χ1v) is 7.40. The van der Waals surface area contributed by atoms with Crippen LogP contribution in [-0.4, -0.2) is 29.8 Å². The molecule has 1 aliphatic heterocycles. The largest absolute Gasteiger partial charge is 0.293 e. The van der Waals surface area contributed by atoms with Crippen LogP contribution in [0.5, 0.6) is 0 Å². The van der Waals surface area contributed by atoms with E-state index in [1.54, 1.807) is 12.1 Å². The van der Waals surface area contributed by atoms with E-state index < -0.39 is 0 Å². The summed E-state index contributed by atoms with van der Waals surface area (Å²) in [7, 11) is 0. The molecule has 0 amide bonds. The molecule has 1 fully saturated rings. The van der Waals surface area contributed by atoms with Crippen LogP contribution in [0.15, 0.2) is 24.3 Å². The maximum absolute atomic E-state index is 12.5. The molecule has 2 unspecified atom stereocenters. The number of halogens is 1. The van der Waals surface area contributed by atoms with Crippen LogP contribution in [0.1, 0.15) is 37.6 Å². The quantitative estimate of drug-likeness (QED) is 0.780. The van der Waals surface area contributed by atoms with Crippen LogP contribution in [0, 0.1) is 11.8 Å². The monoisotopic (exact) mass is 279 g/mol. The SMILES string of the molecule is CC(C)C1CCN(C(C)C(=O)c2cccc(Cl)c2)C1. The summed E-state index contributed by atoms with van der Waals surface area (Å²) in [6.07, 6.45) is 1.20. The number of hydrogen-bond donors (Lipinski definition) is 0. The summed E-state index contributed by atoms with van der Waals surface area (Å²) >= 11 is 5.95. The van der Waals surface area contributed by atoms with Gasteiger partial charge in [0.15, 0.2) is 5.78 Å². The van der Waals surface area contributed by atoms with E-state index in [0.29, 0.717) is 16.5 Å². The molecule has 2 rings (SSSR count). The highest BCUT2D eigenvalue weighted by Crippen LogP contribution is 2.26. The fraction of sp³-hybridized carbons (Fsp3) is 0.562. The van der Waals surface area contributed by atoms with Crippen molar-refractivity contribution in [3.05, 3.63) is 34.9 Å².